The molecule has 1 aliphatic heterocycles. The zero-order valence-corrected chi connectivity index (χ0v) is 15.0. The summed E-state index contributed by atoms with van der Waals surface area (Å²) < 4.78 is 39.6. The number of piperazine rings is 1. The lowest BCUT2D eigenvalue weighted by Crippen LogP contribution is -2.48. The molecule has 0 radical (unpaired) electrons. The average molecular weight is 366 g/mol. The second-order valence-corrected chi connectivity index (χ2v) is 6.41. The van der Waals surface area contributed by atoms with Gasteiger partial charge in [-0.3, -0.25) is 0 Å². The Morgan fingerprint density at radius 2 is 1.69 bits per heavy atom. The van der Waals surface area contributed by atoms with Gasteiger partial charge < -0.3 is 14.7 Å². The lowest BCUT2D eigenvalue weighted by Gasteiger charge is -2.36. The Hall–Kier alpha value is -2.58. The number of anilines is 3. The zero-order chi connectivity index (χ0) is 18.9. The fraction of sp³-hybridized carbons (Fsp3) is 0.471. The van der Waals surface area contributed by atoms with Crippen LogP contribution in [0, 0.1) is 6.92 Å². The molecule has 0 N–H and O–H groups in total. The Balaban J connectivity index is 1.77. The van der Waals surface area contributed by atoms with Crippen molar-refractivity contribution in [3.63, 3.8) is 0 Å². The molecule has 0 atom stereocenters. The monoisotopic (exact) mass is 366 g/mol. The van der Waals surface area contributed by atoms with Gasteiger partial charge in [0.15, 0.2) is 0 Å². The minimum Gasteiger partial charge on any atom is -0.363 e. The molecule has 140 valence electrons. The Morgan fingerprint density at radius 3 is 2.31 bits per heavy atom. The molecule has 0 aromatic carbocycles. The Kier molecular flexibility index (Phi) is 4.88. The molecule has 0 amide bonds. The summed E-state index contributed by atoms with van der Waals surface area (Å²) in [5.74, 6) is 1.39. The van der Waals surface area contributed by atoms with Gasteiger partial charge in [-0.15, -0.1) is 0 Å². The minimum absolute atomic E-state index is 0.0150. The van der Waals surface area contributed by atoms with Crippen LogP contribution in [0.4, 0.5) is 30.8 Å². The molecule has 0 saturated carbocycles. The van der Waals surface area contributed by atoms with Crippen molar-refractivity contribution in [3.05, 3.63) is 35.7 Å². The van der Waals surface area contributed by atoms with Crippen molar-refractivity contribution in [2.75, 3.05) is 55.0 Å². The van der Waals surface area contributed by atoms with Gasteiger partial charge in [0.05, 0.1) is 5.56 Å². The average Bonchev–Trinajstić information content (AvgIpc) is 2.60. The van der Waals surface area contributed by atoms with Crippen molar-refractivity contribution in [2.45, 2.75) is 13.1 Å². The normalized spacial score (nSPS) is 15.3. The van der Waals surface area contributed by atoms with Gasteiger partial charge in [0.1, 0.15) is 11.6 Å². The number of hydrogen-bond donors (Lipinski definition) is 0. The van der Waals surface area contributed by atoms with Crippen molar-refractivity contribution < 1.29 is 13.2 Å². The van der Waals surface area contributed by atoms with Crippen LogP contribution < -0.4 is 14.7 Å². The number of nitrogens with zero attached hydrogens (tertiary/aromatic N) is 6. The minimum atomic E-state index is -4.42. The first kappa shape index (κ1) is 18.2. The smallest absolute Gasteiger partial charge is 0.363 e. The first-order chi connectivity index (χ1) is 12.3. The zero-order valence-electron chi connectivity index (χ0n) is 15.0. The molecule has 1 saturated heterocycles. The molecule has 1 aliphatic rings. The van der Waals surface area contributed by atoms with E-state index < -0.39 is 11.7 Å². The fourth-order valence-electron chi connectivity index (χ4n) is 2.90. The van der Waals surface area contributed by atoms with Crippen LogP contribution in [0.15, 0.2) is 24.4 Å². The van der Waals surface area contributed by atoms with Crippen molar-refractivity contribution in [3.8, 4) is 0 Å². The maximum Gasteiger partial charge on any atom is 0.419 e. The summed E-state index contributed by atoms with van der Waals surface area (Å²) in [7, 11) is 3.81. The van der Waals surface area contributed by atoms with Crippen molar-refractivity contribution >= 4 is 17.6 Å². The van der Waals surface area contributed by atoms with Gasteiger partial charge in [0.2, 0.25) is 5.95 Å². The largest absolute Gasteiger partial charge is 0.419 e. The summed E-state index contributed by atoms with van der Waals surface area (Å²) in [5.41, 5.74) is 0.153. The molecule has 0 spiro atoms. The van der Waals surface area contributed by atoms with Gasteiger partial charge in [-0.05, 0) is 19.1 Å². The Morgan fingerprint density at radius 1 is 1.04 bits per heavy atom. The molecule has 2 aromatic rings. The van der Waals surface area contributed by atoms with Crippen LogP contribution >= 0.6 is 0 Å². The fourth-order valence-corrected chi connectivity index (χ4v) is 2.90. The van der Waals surface area contributed by atoms with E-state index in [2.05, 4.69) is 15.0 Å². The van der Waals surface area contributed by atoms with Crippen LogP contribution in [0.2, 0.25) is 0 Å². The Bertz CT molecular complexity index is 769. The molecular weight excluding hydrogens is 345 g/mol. The van der Waals surface area contributed by atoms with Gasteiger partial charge >= 0.3 is 6.18 Å². The molecule has 2 aromatic heterocycles. The van der Waals surface area contributed by atoms with E-state index in [1.54, 1.807) is 4.90 Å². The molecule has 0 aliphatic carbocycles. The van der Waals surface area contributed by atoms with Gasteiger partial charge in [0, 0.05) is 58.2 Å². The van der Waals surface area contributed by atoms with Gasteiger partial charge in [-0.1, -0.05) is 0 Å². The highest BCUT2D eigenvalue weighted by molar-refractivity contribution is 5.51. The lowest BCUT2D eigenvalue weighted by molar-refractivity contribution is -0.137. The number of alkyl halides is 3. The summed E-state index contributed by atoms with van der Waals surface area (Å²) >= 11 is 0. The number of rotatable bonds is 3. The summed E-state index contributed by atoms with van der Waals surface area (Å²) in [6.07, 6.45) is -3.02. The summed E-state index contributed by atoms with van der Waals surface area (Å²) in [6, 6.07) is 4.27. The van der Waals surface area contributed by atoms with Gasteiger partial charge in [0.25, 0.3) is 0 Å². The lowest BCUT2D eigenvalue weighted by atomic mass is 10.2. The predicted molar refractivity (Wildman–Crippen MR) is 94.8 cm³/mol. The van der Waals surface area contributed by atoms with Crippen molar-refractivity contribution in [1.29, 1.82) is 0 Å². The van der Waals surface area contributed by atoms with Gasteiger partial charge in [-0.2, -0.15) is 18.2 Å². The quantitative estimate of drug-likeness (QED) is 0.832. The van der Waals surface area contributed by atoms with Crippen LogP contribution in [-0.4, -0.2) is 55.2 Å². The number of aromatic nitrogens is 3. The highest BCUT2D eigenvalue weighted by Crippen LogP contribution is 2.35. The van der Waals surface area contributed by atoms with Crippen LogP contribution in [0.1, 0.15) is 11.3 Å². The number of halogens is 3. The highest BCUT2D eigenvalue weighted by Gasteiger charge is 2.36. The second kappa shape index (κ2) is 6.97. The number of hydrogen-bond acceptors (Lipinski definition) is 6. The van der Waals surface area contributed by atoms with Gasteiger partial charge in [-0.25, -0.2) is 9.97 Å². The molecule has 1 fully saturated rings. The molecular formula is C17H21F3N6. The SMILES string of the molecule is Cc1cc(N(C)C)nc(N2CCN(c3ncccc3C(F)(F)F)CC2)n1. The summed E-state index contributed by atoms with van der Waals surface area (Å²) in [6.45, 7) is 3.82. The van der Waals surface area contributed by atoms with E-state index in [1.807, 2.05) is 36.9 Å². The van der Waals surface area contributed by atoms with Crippen LogP contribution in [0.3, 0.4) is 0 Å². The highest BCUT2D eigenvalue weighted by atomic mass is 19.4. The molecule has 26 heavy (non-hydrogen) atoms. The number of aryl methyl sites for hydroxylation is 1. The maximum atomic E-state index is 13.2. The van der Waals surface area contributed by atoms with E-state index in [4.69, 9.17) is 0 Å². The first-order valence-corrected chi connectivity index (χ1v) is 8.31. The third kappa shape index (κ3) is 3.81. The van der Waals surface area contributed by atoms with Crippen LogP contribution in [0.5, 0.6) is 0 Å². The molecule has 9 heteroatoms. The first-order valence-electron chi connectivity index (χ1n) is 8.31. The third-order valence-electron chi connectivity index (χ3n) is 4.24. The number of pyridine rings is 1. The predicted octanol–water partition coefficient (Wildman–Crippen LogP) is 2.59. The van der Waals surface area contributed by atoms with E-state index >= 15 is 0 Å². The topological polar surface area (TPSA) is 48.4 Å². The van der Waals surface area contributed by atoms with E-state index in [9.17, 15) is 13.2 Å². The molecule has 6 nitrogen and oxygen atoms in total. The van der Waals surface area contributed by atoms with Crippen molar-refractivity contribution in [2.24, 2.45) is 0 Å². The van der Waals surface area contributed by atoms with E-state index in [1.165, 1.54) is 12.3 Å². The van der Waals surface area contributed by atoms with Crippen LogP contribution in [-0.2, 0) is 6.18 Å². The molecule has 3 rings (SSSR count). The van der Waals surface area contributed by atoms with E-state index in [0.29, 0.717) is 32.1 Å². The summed E-state index contributed by atoms with van der Waals surface area (Å²) in [4.78, 5) is 18.5. The molecule has 0 unspecified atom stereocenters. The summed E-state index contributed by atoms with van der Waals surface area (Å²) in [5, 5.41) is 0. The molecule has 3 heterocycles. The maximum absolute atomic E-state index is 13.2. The second-order valence-electron chi connectivity index (χ2n) is 6.41. The van der Waals surface area contributed by atoms with Crippen LogP contribution in [0.25, 0.3) is 0 Å². The van der Waals surface area contributed by atoms with E-state index in [0.717, 1.165) is 17.6 Å². The standard InChI is InChI=1S/C17H21F3N6/c1-12-11-14(24(2)3)23-16(22-12)26-9-7-25(8-10-26)15-13(17(18,19)20)5-4-6-21-15/h4-6,11H,7-10H2,1-3H3. The third-order valence-corrected chi connectivity index (χ3v) is 4.24. The molecule has 0 bridgehead atoms. The Labute approximate surface area is 150 Å². The van der Waals surface area contributed by atoms with E-state index in [-0.39, 0.29) is 5.82 Å². The van der Waals surface area contributed by atoms with Crippen molar-refractivity contribution in [1.82, 2.24) is 15.0 Å².